The number of carbonyl (C=O) groups is 1. The summed E-state index contributed by atoms with van der Waals surface area (Å²) in [6, 6.07) is 3.47. The fraction of sp³-hybridized carbons (Fsp3) is 0.444. The van der Waals surface area contributed by atoms with Gasteiger partial charge in [-0.2, -0.15) is 0 Å². The second kappa shape index (κ2) is 5.59. The summed E-state index contributed by atoms with van der Waals surface area (Å²) < 4.78 is 0.635. The van der Waals surface area contributed by atoms with Gasteiger partial charge >= 0.3 is 0 Å². The molecule has 0 aliphatic carbocycles. The quantitative estimate of drug-likeness (QED) is 0.754. The molecular weight excluding hydrogens is 241 g/mol. The molecule has 0 saturated heterocycles. The van der Waals surface area contributed by atoms with Crippen molar-refractivity contribution in [2.75, 3.05) is 19.0 Å². The van der Waals surface area contributed by atoms with Gasteiger partial charge in [0.1, 0.15) is 0 Å². The normalized spacial score (nSPS) is 10.2. The Morgan fingerprint density at radius 3 is 2.71 bits per heavy atom. The van der Waals surface area contributed by atoms with Gasteiger partial charge in [0.15, 0.2) is 0 Å². The lowest BCUT2D eigenvalue weighted by molar-refractivity contribution is 0.0779. The first kappa shape index (κ1) is 11.8. The number of rotatable bonds is 4. The number of alkyl halides is 1. The Morgan fingerprint density at radius 2 is 2.29 bits per heavy atom. The Kier molecular flexibility index (Phi) is 4.72. The lowest BCUT2D eigenvalue weighted by Crippen LogP contribution is -2.31. The summed E-state index contributed by atoms with van der Waals surface area (Å²) in [6.07, 6.45) is 0. The van der Waals surface area contributed by atoms with Crippen LogP contribution in [0, 0.1) is 0 Å². The van der Waals surface area contributed by atoms with Crippen molar-refractivity contribution in [3.8, 4) is 0 Å². The van der Waals surface area contributed by atoms with E-state index in [1.165, 1.54) is 11.3 Å². The first-order valence-corrected chi connectivity index (χ1v) is 6.02. The van der Waals surface area contributed by atoms with Crippen molar-refractivity contribution in [1.82, 2.24) is 4.90 Å². The molecule has 0 aliphatic rings. The molecule has 5 heteroatoms. The highest BCUT2D eigenvalue weighted by atomic mass is 35.5. The average molecular weight is 252 g/mol. The summed E-state index contributed by atoms with van der Waals surface area (Å²) >= 11 is 12.6. The molecule has 1 rings (SSSR count). The smallest absolute Gasteiger partial charge is 0.264 e. The van der Waals surface area contributed by atoms with Crippen molar-refractivity contribution in [2.24, 2.45) is 0 Å². The van der Waals surface area contributed by atoms with Gasteiger partial charge < -0.3 is 4.90 Å². The Hall–Kier alpha value is -0.250. The van der Waals surface area contributed by atoms with Gasteiger partial charge in [0.2, 0.25) is 0 Å². The third kappa shape index (κ3) is 2.87. The van der Waals surface area contributed by atoms with Crippen LogP contribution in [0.1, 0.15) is 16.6 Å². The highest BCUT2D eigenvalue weighted by Gasteiger charge is 2.15. The van der Waals surface area contributed by atoms with E-state index in [0.717, 1.165) is 0 Å². The third-order valence-electron chi connectivity index (χ3n) is 1.81. The molecule has 0 saturated carbocycles. The maximum atomic E-state index is 11.8. The minimum atomic E-state index is 0.00468. The van der Waals surface area contributed by atoms with E-state index in [1.807, 2.05) is 6.92 Å². The predicted molar refractivity (Wildman–Crippen MR) is 61.6 cm³/mol. The van der Waals surface area contributed by atoms with Gasteiger partial charge in [-0.25, -0.2) is 0 Å². The fourth-order valence-corrected chi connectivity index (χ4v) is 2.31. The number of carbonyl (C=O) groups excluding carboxylic acids is 1. The van der Waals surface area contributed by atoms with Gasteiger partial charge in [0.25, 0.3) is 5.91 Å². The number of halogens is 2. The predicted octanol–water partition coefficient (Wildman–Crippen LogP) is 3.10. The van der Waals surface area contributed by atoms with Gasteiger partial charge in [-0.3, -0.25) is 4.79 Å². The Morgan fingerprint density at radius 1 is 1.57 bits per heavy atom. The van der Waals surface area contributed by atoms with Crippen LogP contribution in [0.5, 0.6) is 0 Å². The van der Waals surface area contributed by atoms with Crippen LogP contribution in [-0.4, -0.2) is 29.8 Å². The minimum absolute atomic E-state index is 0.00468. The molecule has 0 atom stereocenters. The largest absolute Gasteiger partial charge is 0.337 e. The summed E-state index contributed by atoms with van der Waals surface area (Å²) in [4.78, 5) is 14.2. The number of hydrogen-bond donors (Lipinski definition) is 0. The van der Waals surface area contributed by atoms with E-state index >= 15 is 0 Å². The van der Waals surface area contributed by atoms with Gasteiger partial charge in [-0.05, 0) is 19.1 Å². The average Bonchev–Trinajstić information content (AvgIpc) is 2.60. The molecule has 1 aromatic heterocycles. The van der Waals surface area contributed by atoms with Crippen molar-refractivity contribution in [1.29, 1.82) is 0 Å². The van der Waals surface area contributed by atoms with Crippen LogP contribution >= 0.6 is 34.5 Å². The summed E-state index contributed by atoms with van der Waals surface area (Å²) in [5, 5.41) is 0. The highest BCUT2D eigenvalue weighted by Crippen LogP contribution is 2.22. The molecule has 1 amide bonds. The Bertz CT molecular complexity index is 314. The van der Waals surface area contributed by atoms with Gasteiger partial charge in [-0.15, -0.1) is 22.9 Å². The second-order valence-electron chi connectivity index (χ2n) is 2.68. The van der Waals surface area contributed by atoms with Gasteiger partial charge in [0, 0.05) is 19.0 Å². The maximum Gasteiger partial charge on any atom is 0.264 e. The summed E-state index contributed by atoms with van der Waals surface area (Å²) in [7, 11) is 0. The molecule has 78 valence electrons. The van der Waals surface area contributed by atoms with E-state index in [2.05, 4.69) is 0 Å². The highest BCUT2D eigenvalue weighted by molar-refractivity contribution is 7.17. The zero-order chi connectivity index (χ0) is 10.6. The monoisotopic (exact) mass is 251 g/mol. The minimum Gasteiger partial charge on any atom is -0.337 e. The lowest BCUT2D eigenvalue weighted by Gasteiger charge is -2.18. The lowest BCUT2D eigenvalue weighted by atomic mass is 10.4. The topological polar surface area (TPSA) is 20.3 Å². The van der Waals surface area contributed by atoms with Crippen LogP contribution in [0.2, 0.25) is 4.34 Å². The molecule has 0 aliphatic heterocycles. The van der Waals surface area contributed by atoms with Crippen LogP contribution < -0.4 is 0 Å². The molecule has 14 heavy (non-hydrogen) atoms. The van der Waals surface area contributed by atoms with Crippen LogP contribution in [0.15, 0.2) is 12.1 Å². The standard InChI is InChI=1S/C9H11Cl2NOS/c1-2-12(6-5-10)9(13)7-3-4-8(11)14-7/h3-4H,2,5-6H2,1H3. The van der Waals surface area contributed by atoms with E-state index < -0.39 is 0 Å². The zero-order valence-electron chi connectivity index (χ0n) is 7.80. The molecule has 1 heterocycles. The Balaban J connectivity index is 2.72. The number of hydrogen-bond acceptors (Lipinski definition) is 2. The van der Waals surface area contributed by atoms with Crippen molar-refractivity contribution in [3.05, 3.63) is 21.3 Å². The molecule has 0 unspecified atom stereocenters. The maximum absolute atomic E-state index is 11.8. The van der Waals surface area contributed by atoms with E-state index in [-0.39, 0.29) is 5.91 Å². The molecular formula is C9H11Cl2NOS. The molecule has 1 aromatic rings. The molecule has 0 bridgehead atoms. The van der Waals surface area contributed by atoms with Crippen molar-refractivity contribution in [2.45, 2.75) is 6.92 Å². The third-order valence-corrected chi connectivity index (χ3v) is 3.20. The molecule has 0 radical (unpaired) electrons. The van der Waals surface area contributed by atoms with Crippen molar-refractivity contribution in [3.63, 3.8) is 0 Å². The molecule has 0 fully saturated rings. The van der Waals surface area contributed by atoms with Crippen molar-refractivity contribution >= 4 is 40.4 Å². The fourth-order valence-electron chi connectivity index (χ4n) is 1.09. The van der Waals surface area contributed by atoms with E-state index in [1.54, 1.807) is 17.0 Å². The van der Waals surface area contributed by atoms with E-state index in [0.29, 0.717) is 28.2 Å². The molecule has 0 spiro atoms. The van der Waals surface area contributed by atoms with Crippen LogP contribution in [0.4, 0.5) is 0 Å². The molecule has 2 nitrogen and oxygen atoms in total. The number of nitrogens with zero attached hydrogens (tertiary/aromatic N) is 1. The van der Waals surface area contributed by atoms with E-state index in [4.69, 9.17) is 23.2 Å². The van der Waals surface area contributed by atoms with Crippen LogP contribution in [0.25, 0.3) is 0 Å². The van der Waals surface area contributed by atoms with Gasteiger partial charge in [-0.1, -0.05) is 11.6 Å². The summed E-state index contributed by atoms with van der Waals surface area (Å²) in [5.74, 6) is 0.462. The Labute approximate surface area is 97.4 Å². The van der Waals surface area contributed by atoms with E-state index in [9.17, 15) is 4.79 Å². The summed E-state index contributed by atoms with van der Waals surface area (Å²) in [6.45, 7) is 3.17. The van der Waals surface area contributed by atoms with Crippen LogP contribution in [0.3, 0.4) is 0 Å². The molecule has 0 aromatic carbocycles. The SMILES string of the molecule is CCN(CCCl)C(=O)c1ccc(Cl)s1. The van der Waals surface area contributed by atoms with Crippen molar-refractivity contribution < 1.29 is 4.79 Å². The molecule has 0 N–H and O–H groups in total. The summed E-state index contributed by atoms with van der Waals surface area (Å²) in [5.41, 5.74) is 0. The second-order valence-corrected chi connectivity index (χ2v) is 4.77. The first-order chi connectivity index (χ1) is 6.69. The number of amides is 1. The zero-order valence-corrected chi connectivity index (χ0v) is 10.1. The van der Waals surface area contributed by atoms with Gasteiger partial charge in [0.05, 0.1) is 9.21 Å². The first-order valence-electron chi connectivity index (χ1n) is 4.29. The number of thiophene rings is 1. The van der Waals surface area contributed by atoms with Crippen LogP contribution in [-0.2, 0) is 0 Å².